The first-order chi connectivity index (χ1) is 5.72. The van der Waals surface area contributed by atoms with Gasteiger partial charge in [0, 0.05) is 32.6 Å². The molecule has 1 aliphatic heterocycles. The number of carbonyl (C=O) groups is 1. The molecule has 0 aromatic heterocycles. The lowest BCUT2D eigenvalue weighted by Crippen LogP contribution is -2.51. The van der Waals surface area contributed by atoms with E-state index in [1.54, 1.807) is 0 Å². The molecule has 0 radical (unpaired) electrons. The van der Waals surface area contributed by atoms with Crippen molar-refractivity contribution in [1.82, 2.24) is 10.2 Å². The largest absolute Gasteiger partial charge is 0.390 e. The number of β-amino-alcohol motifs (C(OH)–C–C–N with tert-alkyl or cyclic N) is 1. The zero-order valence-electron chi connectivity index (χ0n) is 7.42. The maximum absolute atomic E-state index is 11.0. The average molecular weight is 172 g/mol. The third-order valence-electron chi connectivity index (χ3n) is 1.97. The van der Waals surface area contributed by atoms with E-state index >= 15 is 0 Å². The fraction of sp³-hybridized carbons (Fsp3) is 0.875. The Kier molecular flexibility index (Phi) is 3.49. The summed E-state index contributed by atoms with van der Waals surface area (Å²) in [5.41, 5.74) is 0. The van der Waals surface area contributed by atoms with Gasteiger partial charge in [-0.3, -0.25) is 9.69 Å². The number of amides is 1. The van der Waals surface area contributed by atoms with Gasteiger partial charge in [0.25, 0.3) is 0 Å². The molecule has 70 valence electrons. The molecule has 1 aliphatic rings. The highest BCUT2D eigenvalue weighted by atomic mass is 16.3. The molecule has 0 saturated carbocycles. The summed E-state index contributed by atoms with van der Waals surface area (Å²) in [4.78, 5) is 13.0. The van der Waals surface area contributed by atoms with Crippen LogP contribution in [0.2, 0.25) is 0 Å². The van der Waals surface area contributed by atoms with E-state index in [-0.39, 0.29) is 12.0 Å². The van der Waals surface area contributed by atoms with Gasteiger partial charge in [-0.25, -0.2) is 0 Å². The lowest BCUT2D eigenvalue weighted by molar-refractivity contribution is -0.122. The lowest BCUT2D eigenvalue weighted by Gasteiger charge is -2.35. The van der Waals surface area contributed by atoms with Gasteiger partial charge in [-0.2, -0.15) is 0 Å². The van der Waals surface area contributed by atoms with E-state index in [2.05, 4.69) is 10.2 Å². The Morgan fingerprint density at radius 1 is 1.67 bits per heavy atom. The molecule has 1 fully saturated rings. The van der Waals surface area contributed by atoms with Gasteiger partial charge in [-0.1, -0.05) is 0 Å². The number of hydrogen-bond acceptors (Lipinski definition) is 3. The molecule has 4 heteroatoms. The molecule has 1 rings (SSSR count). The number of nitrogens with zero attached hydrogens (tertiary/aromatic N) is 1. The summed E-state index contributed by atoms with van der Waals surface area (Å²) < 4.78 is 0. The van der Waals surface area contributed by atoms with Crippen LogP contribution in [0.5, 0.6) is 0 Å². The van der Waals surface area contributed by atoms with E-state index in [0.29, 0.717) is 13.0 Å². The van der Waals surface area contributed by atoms with E-state index in [9.17, 15) is 4.79 Å². The minimum absolute atomic E-state index is 0.0962. The maximum Gasteiger partial charge on any atom is 0.221 e. The summed E-state index contributed by atoms with van der Waals surface area (Å²) >= 11 is 0. The minimum Gasteiger partial charge on any atom is -0.390 e. The molecule has 0 aromatic carbocycles. The zero-order chi connectivity index (χ0) is 8.97. The molecule has 0 bridgehead atoms. The number of aliphatic hydroxyl groups excluding tert-OH is 1. The molecule has 4 nitrogen and oxygen atoms in total. The van der Waals surface area contributed by atoms with Crippen molar-refractivity contribution in [2.75, 3.05) is 26.2 Å². The summed E-state index contributed by atoms with van der Waals surface area (Å²) in [6, 6.07) is 0. The number of likely N-dealkylation sites (tertiary alicyclic amines) is 1. The number of aliphatic hydroxyl groups is 1. The third-order valence-corrected chi connectivity index (χ3v) is 1.97. The molecule has 0 spiro atoms. The Labute approximate surface area is 72.6 Å². The molecule has 1 amide bonds. The van der Waals surface area contributed by atoms with Crippen LogP contribution in [0.25, 0.3) is 0 Å². The molecule has 0 aliphatic carbocycles. The average Bonchev–Trinajstić information content (AvgIpc) is 1.96. The van der Waals surface area contributed by atoms with Crippen LogP contribution in [0, 0.1) is 0 Å². The summed E-state index contributed by atoms with van der Waals surface area (Å²) in [5, 5.41) is 11.7. The molecule has 2 N–H and O–H groups in total. The van der Waals surface area contributed by atoms with Gasteiger partial charge in [0.2, 0.25) is 5.91 Å². The van der Waals surface area contributed by atoms with E-state index in [0.717, 1.165) is 19.6 Å². The summed E-state index contributed by atoms with van der Waals surface area (Å²) in [7, 11) is 0. The van der Waals surface area contributed by atoms with Crippen molar-refractivity contribution in [3.8, 4) is 0 Å². The van der Waals surface area contributed by atoms with Crippen LogP contribution in [0.3, 0.4) is 0 Å². The molecule has 0 atom stereocenters. The molecule has 12 heavy (non-hydrogen) atoms. The topological polar surface area (TPSA) is 52.6 Å². The molecule has 0 unspecified atom stereocenters. The molecular weight excluding hydrogens is 156 g/mol. The van der Waals surface area contributed by atoms with Crippen LogP contribution in [0.15, 0.2) is 0 Å². The second kappa shape index (κ2) is 4.42. The standard InChI is InChI=1S/C8H16N2O2/c1-2-9-8(12)3-4-10-5-7(11)6-10/h7,11H,2-6H2,1H3,(H,9,12). The zero-order valence-corrected chi connectivity index (χ0v) is 7.42. The highest BCUT2D eigenvalue weighted by Gasteiger charge is 2.23. The second-order valence-electron chi connectivity index (χ2n) is 3.12. The number of rotatable bonds is 4. The van der Waals surface area contributed by atoms with Crippen LogP contribution >= 0.6 is 0 Å². The van der Waals surface area contributed by atoms with Crippen LogP contribution in [0.4, 0.5) is 0 Å². The monoisotopic (exact) mass is 172 g/mol. The van der Waals surface area contributed by atoms with Crippen LogP contribution in [-0.2, 0) is 4.79 Å². The highest BCUT2D eigenvalue weighted by molar-refractivity contribution is 5.75. The maximum atomic E-state index is 11.0. The first-order valence-corrected chi connectivity index (χ1v) is 4.39. The van der Waals surface area contributed by atoms with E-state index in [1.165, 1.54) is 0 Å². The van der Waals surface area contributed by atoms with Crippen molar-refractivity contribution in [2.45, 2.75) is 19.4 Å². The first kappa shape index (κ1) is 9.48. The number of nitrogens with one attached hydrogen (secondary N) is 1. The Hall–Kier alpha value is -0.610. The minimum atomic E-state index is -0.167. The summed E-state index contributed by atoms with van der Waals surface area (Å²) in [6.07, 6.45) is 0.375. The SMILES string of the molecule is CCNC(=O)CCN1CC(O)C1. The van der Waals surface area contributed by atoms with E-state index in [1.807, 2.05) is 6.92 Å². The van der Waals surface area contributed by atoms with Gasteiger partial charge in [-0.15, -0.1) is 0 Å². The van der Waals surface area contributed by atoms with Gasteiger partial charge in [0.15, 0.2) is 0 Å². The van der Waals surface area contributed by atoms with E-state index < -0.39 is 0 Å². The lowest BCUT2D eigenvalue weighted by atomic mass is 10.1. The quantitative estimate of drug-likeness (QED) is 0.583. The van der Waals surface area contributed by atoms with Gasteiger partial charge < -0.3 is 10.4 Å². The fourth-order valence-electron chi connectivity index (χ4n) is 1.27. The Balaban J connectivity index is 1.98. The van der Waals surface area contributed by atoms with Gasteiger partial charge >= 0.3 is 0 Å². The van der Waals surface area contributed by atoms with Crippen molar-refractivity contribution in [2.24, 2.45) is 0 Å². The molecule has 1 saturated heterocycles. The normalized spacial score (nSPS) is 18.8. The van der Waals surface area contributed by atoms with Crippen molar-refractivity contribution in [1.29, 1.82) is 0 Å². The second-order valence-corrected chi connectivity index (χ2v) is 3.12. The Morgan fingerprint density at radius 3 is 2.83 bits per heavy atom. The van der Waals surface area contributed by atoms with Crippen molar-refractivity contribution >= 4 is 5.91 Å². The third kappa shape index (κ3) is 2.79. The molecule has 1 heterocycles. The van der Waals surface area contributed by atoms with Gasteiger partial charge in [0.1, 0.15) is 0 Å². The van der Waals surface area contributed by atoms with Crippen LogP contribution < -0.4 is 5.32 Å². The first-order valence-electron chi connectivity index (χ1n) is 4.39. The predicted octanol–water partition coefficient (Wildman–Crippen LogP) is -0.811. The Morgan fingerprint density at radius 2 is 2.33 bits per heavy atom. The smallest absolute Gasteiger partial charge is 0.221 e. The summed E-state index contributed by atoms with van der Waals surface area (Å²) in [5.74, 6) is 0.0962. The predicted molar refractivity (Wildman–Crippen MR) is 45.7 cm³/mol. The van der Waals surface area contributed by atoms with Gasteiger partial charge in [-0.05, 0) is 6.92 Å². The highest BCUT2D eigenvalue weighted by Crippen LogP contribution is 2.06. The van der Waals surface area contributed by atoms with Crippen LogP contribution in [0.1, 0.15) is 13.3 Å². The molecule has 0 aromatic rings. The molecular formula is C8H16N2O2. The number of carbonyl (C=O) groups excluding carboxylic acids is 1. The Bertz CT molecular complexity index is 155. The van der Waals surface area contributed by atoms with Crippen molar-refractivity contribution < 1.29 is 9.90 Å². The van der Waals surface area contributed by atoms with E-state index in [4.69, 9.17) is 5.11 Å². The van der Waals surface area contributed by atoms with Crippen molar-refractivity contribution in [3.05, 3.63) is 0 Å². The van der Waals surface area contributed by atoms with Crippen molar-refractivity contribution in [3.63, 3.8) is 0 Å². The van der Waals surface area contributed by atoms with Gasteiger partial charge in [0.05, 0.1) is 6.10 Å². The fourth-order valence-corrected chi connectivity index (χ4v) is 1.27. The summed E-state index contributed by atoms with van der Waals surface area (Å²) in [6.45, 7) is 4.81. The number of hydrogen-bond donors (Lipinski definition) is 2. The van der Waals surface area contributed by atoms with Crippen LogP contribution in [-0.4, -0.2) is 48.2 Å².